The van der Waals surface area contributed by atoms with Gasteiger partial charge in [0.25, 0.3) is 0 Å². The molecule has 0 aromatic carbocycles. The van der Waals surface area contributed by atoms with Crippen molar-refractivity contribution in [3.05, 3.63) is 0 Å². The van der Waals surface area contributed by atoms with Gasteiger partial charge >= 0.3 is 5.97 Å². The Bertz CT molecular complexity index is 148. The van der Waals surface area contributed by atoms with Crippen LogP contribution < -0.4 is 5.32 Å². The molecule has 1 fully saturated rings. The van der Waals surface area contributed by atoms with Gasteiger partial charge in [-0.15, -0.1) is 12.4 Å². The number of ether oxygens (including phenoxy) is 2. The summed E-state index contributed by atoms with van der Waals surface area (Å²) in [5, 5.41) is 3.18. The third kappa shape index (κ3) is 5.08. The molecule has 78 valence electrons. The molecule has 1 aliphatic rings. The van der Waals surface area contributed by atoms with E-state index in [0.717, 1.165) is 13.2 Å². The lowest BCUT2D eigenvalue weighted by atomic mass is 10.2. The van der Waals surface area contributed by atoms with Gasteiger partial charge in [0.1, 0.15) is 0 Å². The van der Waals surface area contributed by atoms with Gasteiger partial charge in [-0.05, 0) is 6.92 Å². The van der Waals surface area contributed by atoms with Crippen LogP contribution in [0.4, 0.5) is 0 Å². The summed E-state index contributed by atoms with van der Waals surface area (Å²) in [6.45, 7) is 4.43. The first-order chi connectivity index (χ1) is 5.83. The summed E-state index contributed by atoms with van der Waals surface area (Å²) in [7, 11) is 0. The van der Waals surface area contributed by atoms with Gasteiger partial charge < -0.3 is 14.8 Å². The molecule has 1 heterocycles. The van der Waals surface area contributed by atoms with Crippen LogP contribution in [-0.2, 0) is 14.3 Å². The van der Waals surface area contributed by atoms with Gasteiger partial charge in [0.2, 0.25) is 0 Å². The summed E-state index contributed by atoms with van der Waals surface area (Å²) >= 11 is 0. The minimum Gasteiger partial charge on any atom is -0.466 e. The SMILES string of the molecule is CCOC(=O)C[C@@H]1COCCN1.Cl. The fourth-order valence-electron chi connectivity index (χ4n) is 1.17. The molecule has 5 heteroatoms. The second-order valence-electron chi connectivity index (χ2n) is 2.74. The highest BCUT2D eigenvalue weighted by Crippen LogP contribution is 1.99. The van der Waals surface area contributed by atoms with E-state index in [1.807, 2.05) is 6.92 Å². The fraction of sp³-hybridized carbons (Fsp3) is 0.875. The average molecular weight is 210 g/mol. The predicted octanol–water partition coefficient (Wildman–Crippen LogP) is 0.350. The monoisotopic (exact) mass is 209 g/mol. The van der Waals surface area contributed by atoms with Crippen LogP contribution in [0.5, 0.6) is 0 Å². The van der Waals surface area contributed by atoms with Gasteiger partial charge in [-0.1, -0.05) is 0 Å². The number of hydrogen-bond donors (Lipinski definition) is 1. The average Bonchev–Trinajstić information content (AvgIpc) is 2.06. The van der Waals surface area contributed by atoms with Crippen LogP contribution in [0.3, 0.4) is 0 Å². The van der Waals surface area contributed by atoms with Crippen molar-refractivity contribution in [1.82, 2.24) is 5.32 Å². The van der Waals surface area contributed by atoms with Crippen molar-refractivity contribution >= 4 is 18.4 Å². The van der Waals surface area contributed by atoms with Crippen molar-refractivity contribution < 1.29 is 14.3 Å². The maximum absolute atomic E-state index is 11.0. The van der Waals surface area contributed by atoms with Crippen LogP contribution in [0.1, 0.15) is 13.3 Å². The summed E-state index contributed by atoms with van der Waals surface area (Å²) in [5.74, 6) is -0.152. The number of carbonyl (C=O) groups is 1. The zero-order valence-electron chi connectivity index (χ0n) is 7.75. The number of halogens is 1. The molecular formula is C8H16ClNO3. The predicted molar refractivity (Wildman–Crippen MR) is 51.1 cm³/mol. The third-order valence-electron chi connectivity index (χ3n) is 1.72. The van der Waals surface area contributed by atoms with Crippen molar-refractivity contribution in [3.63, 3.8) is 0 Å². The lowest BCUT2D eigenvalue weighted by molar-refractivity contribution is -0.144. The highest BCUT2D eigenvalue weighted by Gasteiger charge is 2.16. The van der Waals surface area contributed by atoms with Crippen molar-refractivity contribution in [2.45, 2.75) is 19.4 Å². The molecule has 0 saturated carbocycles. The van der Waals surface area contributed by atoms with Crippen LogP contribution in [0, 0.1) is 0 Å². The maximum Gasteiger partial charge on any atom is 0.307 e. The fourth-order valence-corrected chi connectivity index (χ4v) is 1.17. The van der Waals surface area contributed by atoms with Crippen molar-refractivity contribution in [2.24, 2.45) is 0 Å². The Labute approximate surface area is 84.4 Å². The quantitative estimate of drug-likeness (QED) is 0.682. The van der Waals surface area contributed by atoms with E-state index in [1.165, 1.54) is 0 Å². The van der Waals surface area contributed by atoms with Gasteiger partial charge in [-0.2, -0.15) is 0 Å². The minimum absolute atomic E-state index is 0. The molecule has 0 aliphatic carbocycles. The van der Waals surface area contributed by atoms with E-state index in [9.17, 15) is 4.79 Å². The second-order valence-corrected chi connectivity index (χ2v) is 2.74. The Balaban J connectivity index is 0.00000144. The normalized spacial score (nSPS) is 21.8. The lowest BCUT2D eigenvalue weighted by Gasteiger charge is -2.22. The summed E-state index contributed by atoms with van der Waals surface area (Å²) in [6, 6.07) is 0.137. The molecule has 1 aliphatic heterocycles. The molecule has 1 saturated heterocycles. The number of carbonyl (C=O) groups excluding carboxylic acids is 1. The Morgan fingerprint density at radius 2 is 2.46 bits per heavy atom. The molecule has 13 heavy (non-hydrogen) atoms. The molecular weight excluding hydrogens is 194 g/mol. The summed E-state index contributed by atoms with van der Waals surface area (Å²) in [6.07, 6.45) is 0.411. The van der Waals surface area contributed by atoms with Crippen LogP contribution in [0.25, 0.3) is 0 Å². The van der Waals surface area contributed by atoms with E-state index in [2.05, 4.69) is 5.32 Å². The molecule has 0 aromatic heterocycles. The molecule has 0 amide bonds. The van der Waals surface area contributed by atoms with Crippen molar-refractivity contribution in [2.75, 3.05) is 26.4 Å². The zero-order valence-corrected chi connectivity index (χ0v) is 8.56. The molecule has 0 spiro atoms. The number of nitrogens with one attached hydrogen (secondary N) is 1. The minimum atomic E-state index is -0.152. The van der Waals surface area contributed by atoms with Crippen molar-refractivity contribution in [1.29, 1.82) is 0 Å². The third-order valence-corrected chi connectivity index (χ3v) is 1.72. The van der Waals surface area contributed by atoms with Crippen LogP contribution in [-0.4, -0.2) is 38.4 Å². The zero-order chi connectivity index (χ0) is 8.81. The molecule has 4 nitrogen and oxygen atoms in total. The largest absolute Gasteiger partial charge is 0.466 e. The maximum atomic E-state index is 11.0. The molecule has 0 aromatic rings. The van der Waals surface area contributed by atoms with Gasteiger partial charge in [0.15, 0.2) is 0 Å². The van der Waals surface area contributed by atoms with Gasteiger partial charge in [-0.25, -0.2) is 0 Å². The van der Waals surface area contributed by atoms with Crippen molar-refractivity contribution in [3.8, 4) is 0 Å². The van der Waals surface area contributed by atoms with Gasteiger partial charge in [-0.3, -0.25) is 4.79 Å². The highest BCUT2D eigenvalue weighted by molar-refractivity contribution is 5.85. The smallest absolute Gasteiger partial charge is 0.307 e. The van der Waals surface area contributed by atoms with E-state index >= 15 is 0 Å². The van der Waals surface area contributed by atoms with E-state index in [-0.39, 0.29) is 24.4 Å². The first-order valence-corrected chi connectivity index (χ1v) is 4.29. The second kappa shape index (κ2) is 7.12. The van der Waals surface area contributed by atoms with E-state index < -0.39 is 0 Å². The molecule has 1 atom stereocenters. The Kier molecular flexibility index (Phi) is 6.94. The van der Waals surface area contributed by atoms with E-state index in [4.69, 9.17) is 9.47 Å². The van der Waals surface area contributed by atoms with E-state index in [0.29, 0.717) is 19.6 Å². The molecule has 0 unspecified atom stereocenters. The molecule has 0 radical (unpaired) electrons. The molecule has 1 rings (SSSR count). The van der Waals surface area contributed by atoms with Crippen LogP contribution in [0.15, 0.2) is 0 Å². The Morgan fingerprint density at radius 3 is 3.00 bits per heavy atom. The Morgan fingerprint density at radius 1 is 1.69 bits per heavy atom. The van der Waals surface area contributed by atoms with Gasteiger partial charge in [0, 0.05) is 12.6 Å². The number of rotatable bonds is 3. The molecule has 1 N–H and O–H groups in total. The number of esters is 1. The summed E-state index contributed by atoms with van der Waals surface area (Å²) in [4.78, 5) is 11.0. The first-order valence-electron chi connectivity index (χ1n) is 4.29. The standard InChI is InChI=1S/C8H15NO3.ClH/c1-2-12-8(10)5-7-6-11-4-3-9-7;/h7,9H,2-6H2,1H3;1H/t7-;/m1./s1. The Hall–Kier alpha value is -0.320. The van der Waals surface area contributed by atoms with Crippen LogP contribution in [0.2, 0.25) is 0 Å². The van der Waals surface area contributed by atoms with Gasteiger partial charge in [0.05, 0.1) is 26.2 Å². The van der Waals surface area contributed by atoms with E-state index in [1.54, 1.807) is 0 Å². The first kappa shape index (κ1) is 12.7. The topological polar surface area (TPSA) is 47.6 Å². The number of hydrogen-bond acceptors (Lipinski definition) is 4. The highest BCUT2D eigenvalue weighted by atomic mass is 35.5. The van der Waals surface area contributed by atoms with Crippen LogP contribution >= 0.6 is 12.4 Å². The summed E-state index contributed by atoms with van der Waals surface area (Å²) in [5.41, 5.74) is 0. The lowest BCUT2D eigenvalue weighted by Crippen LogP contribution is -2.42. The number of morpholine rings is 1. The molecule has 0 bridgehead atoms. The summed E-state index contributed by atoms with van der Waals surface area (Å²) < 4.78 is 10.0.